The van der Waals surface area contributed by atoms with Crippen molar-refractivity contribution in [2.24, 2.45) is 0 Å². The Labute approximate surface area is 139 Å². The predicted molar refractivity (Wildman–Crippen MR) is 92.7 cm³/mol. The number of carbonyl (C=O) groups excluding carboxylic acids is 2. The summed E-state index contributed by atoms with van der Waals surface area (Å²) in [5.74, 6) is 0.172. The molecule has 1 fully saturated rings. The van der Waals surface area contributed by atoms with E-state index in [-0.39, 0.29) is 11.7 Å². The van der Waals surface area contributed by atoms with Crippen molar-refractivity contribution in [2.75, 3.05) is 32.7 Å². The molecule has 0 aliphatic carbocycles. The predicted octanol–water partition coefficient (Wildman–Crippen LogP) is 2.77. The molecule has 1 aromatic carbocycles. The minimum Gasteiger partial charge on any atom is -0.340 e. The largest absolute Gasteiger partial charge is 0.340 e. The zero-order valence-electron chi connectivity index (χ0n) is 14.4. The molecule has 1 amide bonds. The van der Waals surface area contributed by atoms with Gasteiger partial charge in [-0.1, -0.05) is 44.5 Å². The number of likely N-dealkylation sites (N-methyl/N-ethyl adjacent to an activating group) is 1. The molecule has 0 aromatic heterocycles. The van der Waals surface area contributed by atoms with E-state index < -0.39 is 0 Å². The normalized spacial score (nSPS) is 15.7. The second-order valence-electron chi connectivity index (χ2n) is 6.19. The summed E-state index contributed by atoms with van der Waals surface area (Å²) in [5, 5.41) is 0. The first-order chi connectivity index (χ1) is 11.1. The zero-order chi connectivity index (χ0) is 16.7. The number of rotatable bonds is 7. The van der Waals surface area contributed by atoms with Crippen LogP contribution in [0.1, 0.15) is 49.0 Å². The standard InChI is InChI=1S/C19H28N2O2/c1-3-5-16-6-8-17(9-7-16)18(22)10-11-19(23)21-14-12-20(4-2)13-15-21/h6-9H,3-5,10-15H2,1-2H3. The van der Waals surface area contributed by atoms with E-state index in [1.54, 1.807) is 0 Å². The Morgan fingerprint density at radius 2 is 1.61 bits per heavy atom. The van der Waals surface area contributed by atoms with Crippen LogP contribution in [0.15, 0.2) is 24.3 Å². The van der Waals surface area contributed by atoms with Crippen LogP contribution < -0.4 is 0 Å². The fourth-order valence-corrected chi connectivity index (χ4v) is 2.98. The highest BCUT2D eigenvalue weighted by molar-refractivity contribution is 5.98. The van der Waals surface area contributed by atoms with Gasteiger partial charge in [-0.05, 0) is 18.5 Å². The second-order valence-corrected chi connectivity index (χ2v) is 6.19. The van der Waals surface area contributed by atoms with Crippen LogP contribution in [-0.2, 0) is 11.2 Å². The number of piperazine rings is 1. The molecule has 0 saturated carbocycles. The summed E-state index contributed by atoms with van der Waals surface area (Å²) in [6.07, 6.45) is 2.77. The number of Topliss-reactive ketones (excluding diaryl/α,β-unsaturated/α-hetero) is 1. The van der Waals surface area contributed by atoms with Gasteiger partial charge < -0.3 is 9.80 Å². The Hall–Kier alpha value is -1.68. The Bertz CT molecular complexity index is 517. The lowest BCUT2D eigenvalue weighted by Crippen LogP contribution is -2.48. The van der Waals surface area contributed by atoms with E-state index in [1.807, 2.05) is 29.2 Å². The number of carbonyl (C=O) groups is 2. The van der Waals surface area contributed by atoms with Crippen molar-refractivity contribution >= 4 is 11.7 Å². The smallest absolute Gasteiger partial charge is 0.223 e. The quantitative estimate of drug-likeness (QED) is 0.726. The minimum atomic E-state index is 0.0635. The van der Waals surface area contributed by atoms with E-state index in [0.29, 0.717) is 18.4 Å². The number of amides is 1. The zero-order valence-corrected chi connectivity index (χ0v) is 14.4. The summed E-state index contributed by atoms with van der Waals surface area (Å²) >= 11 is 0. The van der Waals surface area contributed by atoms with Crippen LogP contribution in [0.2, 0.25) is 0 Å². The number of hydrogen-bond acceptors (Lipinski definition) is 3. The average molecular weight is 316 g/mol. The van der Waals surface area contributed by atoms with Crippen molar-refractivity contribution in [2.45, 2.75) is 39.5 Å². The molecule has 2 rings (SSSR count). The van der Waals surface area contributed by atoms with Crippen LogP contribution in [0.3, 0.4) is 0 Å². The summed E-state index contributed by atoms with van der Waals surface area (Å²) in [5.41, 5.74) is 1.97. The fourth-order valence-electron chi connectivity index (χ4n) is 2.98. The van der Waals surface area contributed by atoms with Crippen molar-refractivity contribution in [3.8, 4) is 0 Å². The summed E-state index contributed by atoms with van der Waals surface area (Å²) in [7, 11) is 0. The van der Waals surface area contributed by atoms with E-state index in [9.17, 15) is 9.59 Å². The molecule has 0 radical (unpaired) electrons. The lowest BCUT2D eigenvalue weighted by Gasteiger charge is -2.34. The van der Waals surface area contributed by atoms with Crippen LogP contribution in [0, 0.1) is 0 Å². The molecule has 23 heavy (non-hydrogen) atoms. The number of nitrogens with zero attached hydrogens (tertiary/aromatic N) is 2. The highest BCUT2D eigenvalue weighted by Gasteiger charge is 2.20. The summed E-state index contributed by atoms with van der Waals surface area (Å²) in [6.45, 7) is 8.77. The molecular formula is C19H28N2O2. The fraction of sp³-hybridized carbons (Fsp3) is 0.579. The van der Waals surface area contributed by atoms with Gasteiger partial charge >= 0.3 is 0 Å². The van der Waals surface area contributed by atoms with Gasteiger partial charge in [0, 0.05) is 44.6 Å². The van der Waals surface area contributed by atoms with E-state index in [4.69, 9.17) is 0 Å². The molecule has 0 spiro atoms. The van der Waals surface area contributed by atoms with Crippen LogP contribution in [0.5, 0.6) is 0 Å². The minimum absolute atomic E-state index is 0.0635. The Morgan fingerprint density at radius 1 is 0.957 bits per heavy atom. The van der Waals surface area contributed by atoms with E-state index >= 15 is 0 Å². The van der Waals surface area contributed by atoms with E-state index in [0.717, 1.165) is 45.6 Å². The van der Waals surface area contributed by atoms with Crippen LogP contribution in [0.4, 0.5) is 0 Å². The molecule has 0 N–H and O–H groups in total. The maximum atomic E-state index is 12.2. The van der Waals surface area contributed by atoms with Gasteiger partial charge in [0.15, 0.2) is 5.78 Å². The number of benzene rings is 1. The number of hydrogen-bond donors (Lipinski definition) is 0. The molecule has 0 unspecified atom stereocenters. The van der Waals surface area contributed by atoms with Crippen molar-refractivity contribution in [3.63, 3.8) is 0 Å². The highest BCUT2D eigenvalue weighted by Crippen LogP contribution is 2.11. The molecule has 1 aromatic rings. The van der Waals surface area contributed by atoms with Crippen LogP contribution in [0.25, 0.3) is 0 Å². The SMILES string of the molecule is CCCc1ccc(C(=O)CCC(=O)N2CCN(CC)CC2)cc1. The molecule has 1 heterocycles. The molecule has 0 atom stereocenters. The van der Waals surface area contributed by atoms with Gasteiger partial charge in [0.25, 0.3) is 0 Å². The molecule has 0 bridgehead atoms. The molecule has 126 valence electrons. The first kappa shape index (κ1) is 17.7. The lowest BCUT2D eigenvalue weighted by molar-refractivity contribution is -0.132. The average Bonchev–Trinajstić information content (AvgIpc) is 2.60. The Morgan fingerprint density at radius 3 is 2.17 bits per heavy atom. The van der Waals surface area contributed by atoms with E-state index in [2.05, 4.69) is 18.7 Å². The van der Waals surface area contributed by atoms with Crippen molar-refractivity contribution in [3.05, 3.63) is 35.4 Å². The van der Waals surface area contributed by atoms with Gasteiger partial charge in [-0.15, -0.1) is 0 Å². The van der Waals surface area contributed by atoms with Gasteiger partial charge in [-0.25, -0.2) is 0 Å². The third-order valence-corrected chi connectivity index (χ3v) is 4.55. The van der Waals surface area contributed by atoms with Crippen molar-refractivity contribution in [1.29, 1.82) is 0 Å². The number of ketones is 1. The molecule has 1 aliphatic heterocycles. The maximum Gasteiger partial charge on any atom is 0.223 e. The third kappa shape index (κ3) is 5.17. The Kier molecular flexibility index (Phi) is 6.78. The lowest BCUT2D eigenvalue weighted by atomic mass is 10.0. The number of aryl methyl sites for hydroxylation is 1. The summed E-state index contributed by atoms with van der Waals surface area (Å²) in [6, 6.07) is 7.81. The first-order valence-electron chi connectivity index (χ1n) is 8.76. The summed E-state index contributed by atoms with van der Waals surface area (Å²) in [4.78, 5) is 28.7. The van der Waals surface area contributed by atoms with Gasteiger partial charge in [-0.2, -0.15) is 0 Å². The van der Waals surface area contributed by atoms with Gasteiger partial charge in [0.1, 0.15) is 0 Å². The van der Waals surface area contributed by atoms with Gasteiger partial charge in [0.2, 0.25) is 5.91 Å². The topological polar surface area (TPSA) is 40.6 Å². The monoisotopic (exact) mass is 316 g/mol. The molecule has 4 nitrogen and oxygen atoms in total. The van der Waals surface area contributed by atoms with Gasteiger partial charge in [-0.3, -0.25) is 9.59 Å². The van der Waals surface area contributed by atoms with Crippen LogP contribution >= 0.6 is 0 Å². The maximum absolute atomic E-state index is 12.2. The molecule has 1 aliphatic rings. The molecule has 1 saturated heterocycles. The van der Waals surface area contributed by atoms with E-state index in [1.165, 1.54) is 5.56 Å². The first-order valence-corrected chi connectivity index (χ1v) is 8.76. The van der Waals surface area contributed by atoms with Gasteiger partial charge in [0.05, 0.1) is 0 Å². The second kappa shape index (κ2) is 8.82. The summed E-state index contributed by atoms with van der Waals surface area (Å²) < 4.78 is 0. The molecule has 4 heteroatoms. The van der Waals surface area contributed by atoms with Crippen LogP contribution in [-0.4, -0.2) is 54.2 Å². The Balaban J connectivity index is 1.78. The molecular weight excluding hydrogens is 288 g/mol. The van der Waals surface area contributed by atoms with Crippen molar-refractivity contribution < 1.29 is 9.59 Å². The highest BCUT2D eigenvalue weighted by atomic mass is 16.2. The third-order valence-electron chi connectivity index (χ3n) is 4.55. The van der Waals surface area contributed by atoms with Crippen molar-refractivity contribution in [1.82, 2.24) is 9.80 Å².